The molecule has 0 unspecified atom stereocenters. The van der Waals surface area contributed by atoms with Crippen molar-refractivity contribution < 1.29 is 27.2 Å². The van der Waals surface area contributed by atoms with Crippen molar-refractivity contribution in [2.75, 3.05) is 13.2 Å². The Bertz CT molecular complexity index is 898. The number of nitrogens with zero attached hydrogens (tertiary/aromatic N) is 1. The number of ether oxygens (including phenoxy) is 1. The van der Waals surface area contributed by atoms with Crippen LogP contribution in [0.4, 0.5) is 4.79 Å². The first kappa shape index (κ1) is 20.3. The average Bonchev–Trinajstić information content (AvgIpc) is 3.05. The molecule has 1 aliphatic heterocycles. The van der Waals surface area contributed by atoms with E-state index in [1.807, 2.05) is 37.3 Å². The first-order chi connectivity index (χ1) is 13.3. The molecule has 1 saturated heterocycles. The molecule has 1 N–H and O–H groups in total. The highest BCUT2D eigenvalue weighted by atomic mass is 32.2. The van der Waals surface area contributed by atoms with Gasteiger partial charge in [-0.1, -0.05) is 48.0 Å². The normalized spacial score (nSPS) is 19.7. The Kier molecular flexibility index (Phi) is 6.33. The van der Waals surface area contributed by atoms with Crippen molar-refractivity contribution in [3.05, 3.63) is 65.7 Å². The van der Waals surface area contributed by atoms with E-state index < -0.39 is 28.4 Å². The third kappa shape index (κ3) is 5.09. The van der Waals surface area contributed by atoms with Crippen molar-refractivity contribution in [2.24, 2.45) is 0 Å². The zero-order chi connectivity index (χ0) is 20.1. The summed E-state index contributed by atoms with van der Waals surface area (Å²) in [6, 6.07) is 15.4. The van der Waals surface area contributed by atoms with Crippen LogP contribution in [0.2, 0.25) is 0 Å². The van der Waals surface area contributed by atoms with Gasteiger partial charge in [0.2, 0.25) is 0 Å². The number of aryl methyl sites for hydroxylation is 1. The molecule has 7 nitrogen and oxygen atoms in total. The van der Waals surface area contributed by atoms with Crippen LogP contribution in [0.3, 0.4) is 0 Å². The summed E-state index contributed by atoms with van der Waals surface area (Å²) in [6.45, 7) is 2.38. The van der Waals surface area contributed by atoms with E-state index in [4.69, 9.17) is 8.92 Å². The standard InChI is InChI=1S/C20H23NO6S/c1-15-7-9-19(10-8-15)28(24,25)27-18-11-17(21(12-18)20(22)23)14-26-13-16-5-3-2-4-6-16/h2-10,17-18H,11-14H2,1H3,(H,22,23)/t17-,18-/m0/s1. The largest absolute Gasteiger partial charge is 0.465 e. The van der Waals surface area contributed by atoms with Gasteiger partial charge >= 0.3 is 6.09 Å². The lowest BCUT2D eigenvalue weighted by Gasteiger charge is -2.20. The minimum Gasteiger partial charge on any atom is -0.465 e. The molecule has 2 aromatic carbocycles. The Hall–Kier alpha value is -2.42. The Morgan fingerprint density at radius 3 is 2.46 bits per heavy atom. The number of benzene rings is 2. The molecule has 0 bridgehead atoms. The highest BCUT2D eigenvalue weighted by Crippen LogP contribution is 2.25. The van der Waals surface area contributed by atoms with Crippen LogP contribution in [-0.4, -0.2) is 49.8 Å². The molecule has 0 aromatic heterocycles. The molecule has 2 aromatic rings. The van der Waals surface area contributed by atoms with E-state index in [-0.39, 0.29) is 24.5 Å². The predicted octanol–water partition coefficient (Wildman–Crippen LogP) is 3.04. The van der Waals surface area contributed by atoms with Gasteiger partial charge in [0, 0.05) is 0 Å². The van der Waals surface area contributed by atoms with E-state index >= 15 is 0 Å². The lowest BCUT2D eigenvalue weighted by Crippen LogP contribution is -2.37. The lowest BCUT2D eigenvalue weighted by molar-refractivity contribution is 0.0643. The fourth-order valence-electron chi connectivity index (χ4n) is 3.16. The van der Waals surface area contributed by atoms with Gasteiger partial charge in [0.05, 0.1) is 36.8 Å². The maximum atomic E-state index is 12.5. The summed E-state index contributed by atoms with van der Waals surface area (Å²) in [4.78, 5) is 12.8. The van der Waals surface area contributed by atoms with Gasteiger partial charge in [-0.3, -0.25) is 4.18 Å². The highest BCUT2D eigenvalue weighted by molar-refractivity contribution is 7.86. The van der Waals surface area contributed by atoms with Crippen LogP contribution in [0.5, 0.6) is 0 Å². The minimum atomic E-state index is -3.96. The molecule has 0 aliphatic carbocycles. The van der Waals surface area contributed by atoms with Gasteiger partial charge in [0.1, 0.15) is 0 Å². The molecule has 1 heterocycles. The zero-order valence-electron chi connectivity index (χ0n) is 15.5. The highest BCUT2D eigenvalue weighted by Gasteiger charge is 2.38. The molecule has 28 heavy (non-hydrogen) atoms. The summed E-state index contributed by atoms with van der Waals surface area (Å²) < 4.78 is 35.9. The van der Waals surface area contributed by atoms with Gasteiger partial charge in [0.25, 0.3) is 10.1 Å². The van der Waals surface area contributed by atoms with Crippen molar-refractivity contribution in [2.45, 2.75) is 37.0 Å². The van der Waals surface area contributed by atoms with Crippen LogP contribution in [0, 0.1) is 6.92 Å². The van der Waals surface area contributed by atoms with Crippen LogP contribution in [0.1, 0.15) is 17.5 Å². The molecule has 8 heteroatoms. The Labute approximate surface area is 164 Å². The molecule has 1 aliphatic rings. The van der Waals surface area contributed by atoms with E-state index in [9.17, 15) is 18.3 Å². The van der Waals surface area contributed by atoms with Crippen molar-refractivity contribution in [3.8, 4) is 0 Å². The quantitative estimate of drug-likeness (QED) is 0.712. The van der Waals surface area contributed by atoms with Crippen LogP contribution >= 0.6 is 0 Å². The Morgan fingerprint density at radius 2 is 1.82 bits per heavy atom. The maximum absolute atomic E-state index is 12.5. The number of hydrogen-bond donors (Lipinski definition) is 1. The number of carboxylic acid groups (broad SMARTS) is 1. The summed E-state index contributed by atoms with van der Waals surface area (Å²) in [5, 5.41) is 9.43. The van der Waals surface area contributed by atoms with Gasteiger partial charge in [0.15, 0.2) is 0 Å². The average molecular weight is 405 g/mol. The Morgan fingerprint density at radius 1 is 1.14 bits per heavy atom. The number of amides is 1. The van der Waals surface area contributed by atoms with Gasteiger partial charge in [-0.2, -0.15) is 8.42 Å². The fraction of sp³-hybridized carbons (Fsp3) is 0.350. The molecular weight excluding hydrogens is 382 g/mol. The Balaban J connectivity index is 1.61. The second-order valence-electron chi connectivity index (χ2n) is 6.81. The number of likely N-dealkylation sites (tertiary alicyclic amines) is 1. The molecule has 0 radical (unpaired) electrons. The second kappa shape index (κ2) is 8.72. The predicted molar refractivity (Wildman–Crippen MR) is 102 cm³/mol. The van der Waals surface area contributed by atoms with Crippen molar-refractivity contribution >= 4 is 16.2 Å². The van der Waals surface area contributed by atoms with Gasteiger partial charge in [-0.05, 0) is 31.0 Å². The van der Waals surface area contributed by atoms with Crippen molar-refractivity contribution in [1.82, 2.24) is 4.90 Å². The first-order valence-corrected chi connectivity index (χ1v) is 10.4. The third-order valence-electron chi connectivity index (χ3n) is 4.62. The van der Waals surface area contributed by atoms with Crippen LogP contribution < -0.4 is 0 Å². The molecule has 0 saturated carbocycles. The van der Waals surface area contributed by atoms with Crippen molar-refractivity contribution in [1.29, 1.82) is 0 Å². The number of hydrogen-bond acceptors (Lipinski definition) is 5. The lowest BCUT2D eigenvalue weighted by atomic mass is 10.2. The summed E-state index contributed by atoms with van der Waals surface area (Å²) in [7, 11) is -3.96. The summed E-state index contributed by atoms with van der Waals surface area (Å²) in [6.07, 6.45) is -1.61. The fourth-order valence-corrected chi connectivity index (χ4v) is 4.24. The monoisotopic (exact) mass is 405 g/mol. The molecule has 3 rings (SSSR count). The summed E-state index contributed by atoms with van der Waals surface area (Å²) in [5.41, 5.74) is 1.92. The first-order valence-electron chi connectivity index (χ1n) is 8.96. The van der Waals surface area contributed by atoms with E-state index in [1.54, 1.807) is 12.1 Å². The van der Waals surface area contributed by atoms with E-state index in [2.05, 4.69) is 0 Å². The van der Waals surface area contributed by atoms with Gasteiger partial charge in [-0.25, -0.2) is 4.79 Å². The minimum absolute atomic E-state index is 0.0141. The smallest absolute Gasteiger partial charge is 0.407 e. The molecule has 0 spiro atoms. The van der Waals surface area contributed by atoms with Crippen LogP contribution in [0.15, 0.2) is 59.5 Å². The third-order valence-corrected chi connectivity index (χ3v) is 5.99. The topological polar surface area (TPSA) is 93.1 Å². The number of rotatable bonds is 7. The van der Waals surface area contributed by atoms with E-state index in [0.29, 0.717) is 6.61 Å². The second-order valence-corrected chi connectivity index (χ2v) is 8.38. The van der Waals surface area contributed by atoms with E-state index in [1.165, 1.54) is 17.0 Å². The summed E-state index contributed by atoms with van der Waals surface area (Å²) in [5.74, 6) is 0. The van der Waals surface area contributed by atoms with E-state index in [0.717, 1.165) is 11.1 Å². The maximum Gasteiger partial charge on any atom is 0.407 e. The molecule has 2 atom stereocenters. The molecule has 1 amide bonds. The van der Waals surface area contributed by atoms with Crippen LogP contribution in [-0.2, 0) is 25.6 Å². The molecule has 1 fully saturated rings. The number of carbonyl (C=O) groups is 1. The SMILES string of the molecule is Cc1ccc(S(=O)(=O)O[C@H]2C[C@@H](COCc3ccccc3)N(C(=O)O)C2)cc1. The van der Waals surface area contributed by atoms with Gasteiger partial charge in [-0.15, -0.1) is 0 Å². The zero-order valence-corrected chi connectivity index (χ0v) is 16.3. The van der Waals surface area contributed by atoms with Gasteiger partial charge < -0.3 is 14.7 Å². The van der Waals surface area contributed by atoms with Crippen LogP contribution in [0.25, 0.3) is 0 Å². The molecule has 150 valence electrons. The summed E-state index contributed by atoms with van der Waals surface area (Å²) >= 11 is 0. The molecular formula is C20H23NO6S. The van der Waals surface area contributed by atoms with Crippen molar-refractivity contribution in [3.63, 3.8) is 0 Å².